The second kappa shape index (κ2) is 4.80. The summed E-state index contributed by atoms with van der Waals surface area (Å²) in [5.74, 6) is -2.13. The van der Waals surface area contributed by atoms with Crippen LogP contribution in [0.4, 0.5) is 13.2 Å². The summed E-state index contributed by atoms with van der Waals surface area (Å²) in [4.78, 5) is 25.3. The quantitative estimate of drug-likeness (QED) is 0.890. The number of nitrogens with one attached hydrogen (secondary N) is 1. The van der Waals surface area contributed by atoms with Gasteiger partial charge in [-0.15, -0.1) is 11.3 Å². The molecule has 1 aromatic rings. The second-order valence-corrected chi connectivity index (χ2v) is 5.07. The summed E-state index contributed by atoms with van der Waals surface area (Å²) in [6, 6.07) is -0.315. The fraction of sp³-hybridized carbons (Fsp3) is 0.500. The largest absolute Gasteiger partial charge is 0.481 e. The molecule has 0 radical (unpaired) electrons. The summed E-state index contributed by atoms with van der Waals surface area (Å²) in [5.41, 5.74) is -0.295. The first-order valence-corrected chi connectivity index (χ1v) is 6.21. The van der Waals surface area contributed by atoms with Gasteiger partial charge in [0.05, 0.1) is 5.92 Å². The number of hydrogen-bond donors (Lipinski definition) is 2. The zero-order chi connectivity index (χ0) is 14.2. The molecule has 1 heterocycles. The normalized spacial score (nSPS) is 22.7. The summed E-state index contributed by atoms with van der Waals surface area (Å²) in [6.45, 7) is 0. The molecule has 0 aliphatic heterocycles. The summed E-state index contributed by atoms with van der Waals surface area (Å²) in [6.07, 6.45) is -3.98. The predicted molar refractivity (Wildman–Crippen MR) is 58.7 cm³/mol. The minimum atomic E-state index is -4.56. The number of hydrogen-bond acceptors (Lipinski definition) is 4. The fourth-order valence-electron chi connectivity index (χ4n) is 1.70. The number of thiazole rings is 1. The van der Waals surface area contributed by atoms with Crippen LogP contribution in [0.5, 0.6) is 0 Å². The van der Waals surface area contributed by atoms with E-state index < -0.39 is 29.0 Å². The molecule has 0 unspecified atom stereocenters. The maximum Gasteiger partial charge on any atom is 0.443 e. The zero-order valence-electron chi connectivity index (χ0n) is 9.40. The van der Waals surface area contributed by atoms with Crippen molar-refractivity contribution in [2.45, 2.75) is 25.1 Å². The molecule has 104 valence electrons. The lowest BCUT2D eigenvalue weighted by Gasteiger charge is -2.32. The molecule has 0 aromatic carbocycles. The van der Waals surface area contributed by atoms with Gasteiger partial charge in [0.2, 0.25) is 0 Å². The van der Waals surface area contributed by atoms with Crippen molar-refractivity contribution in [2.75, 3.05) is 0 Å². The molecule has 5 nitrogen and oxygen atoms in total. The molecule has 9 heteroatoms. The highest BCUT2D eigenvalue weighted by Crippen LogP contribution is 2.32. The first-order chi connectivity index (χ1) is 8.77. The van der Waals surface area contributed by atoms with E-state index in [0.29, 0.717) is 11.3 Å². The van der Waals surface area contributed by atoms with Crippen LogP contribution in [-0.4, -0.2) is 28.0 Å². The molecule has 1 aliphatic rings. The van der Waals surface area contributed by atoms with E-state index in [4.69, 9.17) is 5.11 Å². The van der Waals surface area contributed by atoms with Gasteiger partial charge in [0.1, 0.15) is 5.69 Å². The number of aliphatic carboxylic acids is 1. The molecule has 0 bridgehead atoms. The van der Waals surface area contributed by atoms with Crippen molar-refractivity contribution in [3.05, 3.63) is 16.1 Å². The van der Waals surface area contributed by atoms with Gasteiger partial charge in [-0.1, -0.05) is 0 Å². The van der Waals surface area contributed by atoms with Crippen molar-refractivity contribution in [1.82, 2.24) is 10.3 Å². The first-order valence-electron chi connectivity index (χ1n) is 5.33. The van der Waals surface area contributed by atoms with Crippen LogP contribution in [0.25, 0.3) is 0 Å². The Kier molecular flexibility index (Phi) is 3.48. The molecule has 0 spiro atoms. The maximum absolute atomic E-state index is 12.3. The zero-order valence-corrected chi connectivity index (χ0v) is 10.2. The van der Waals surface area contributed by atoms with Crippen molar-refractivity contribution >= 4 is 23.2 Å². The topological polar surface area (TPSA) is 79.3 Å². The van der Waals surface area contributed by atoms with E-state index >= 15 is 0 Å². The van der Waals surface area contributed by atoms with E-state index in [-0.39, 0.29) is 24.6 Å². The third-order valence-electron chi connectivity index (χ3n) is 2.80. The van der Waals surface area contributed by atoms with E-state index in [1.165, 1.54) is 0 Å². The van der Waals surface area contributed by atoms with Gasteiger partial charge in [-0.2, -0.15) is 13.2 Å². The summed E-state index contributed by atoms with van der Waals surface area (Å²) < 4.78 is 36.9. The van der Waals surface area contributed by atoms with Crippen LogP contribution in [0.2, 0.25) is 0 Å². The van der Waals surface area contributed by atoms with Gasteiger partial charge in [-0.3, -0.25) is 9.59 Å². The van der Waals surface area contributed by atoms with Gasteiger partial charge < -0.3 is 10.4 Å². The highest BCUT2D eigenvalue weighted by atomic mass is 32.1. The Labute approximate surface area is 109 Å². The summed E-state index contributed by atoms with van der Waals surface area (Å²) in [7, 11) is 0. The second-order valence-electron chi connectivity index (χ2n) is 4.21. The Morgan fingerprint density at radius 3 is 2.53 bits per heavy atom. The number of rotatable bonds is 3. The van der Waals surface area contributed by atoms with Gasteiger partial charge in [0.15, 0.2) is 5.01 Å². The molecule has 0 saturated heterocycles. The lowest BCUT2D eigenvalue weighted by atomic mass is 9.80. The molecular weight excluding hydrogens is 285 g/mol. The lowest BCUT2D eigenvalue weighted by molar-refractivity contribution is -0.145. The van der Waals surface area contributed by atoms with Crippen LogP contribution >= 0.6 is 11.3 Å². The van der Waals surface area contributed by atoms with Crippen LogP contribution in [0.3, 0.4) is 0 Å². The number of amides is 1. The SMILES string of the molecule is O=C(NC1CC(C(=O)O)C1)c1csc(C(F)(F)F)n1. The Hall–Kier alpha value is -1.64. The molecule has 1 fully saturated rings. The van der Waals surface area contributed by atoms with Crippen molar-refractivity contribution in [3.8, 4) is 0 Å². The lowest BCUT2D eigenvalue weighted by Crippen LogP contribution is -2.46. The van der Waals surface area contributed by atoms with Crippen LogP contribution in [0.15, 0.2) is 5.38 Å². The molecule has 2 rings (SSSR count). The van der Waals surface area contributed by atoms with Crippen molar-refractivity contribution in [1.29, 1.82) is 0 Å². The fourth-order valence-corrected chi connectivity index (χ4v) is 2.37. The number of alkyl halides is 3. The molecule has 19 heavy (non-hydrogen) atoms. The highest BCUT2D eigenvalue weighted by Gasteiger charge is 2.37. The molecule has 1 amide bonds. The van der Waals surface area contributed by atoms with E-state index in [0.717, 1.165) is 5.38 Å². The molecule has 1 aliphatic carbocycles. The van der Waals surface area contributed by atoms with Crippen molar-refractivity contribution in [2.24, 2.45) is 5.92 Å². The van der Waals surface area contributed by atoms with E-state index in [1.54, 1.807) is 0 Å². The number of halogens is 3. The third kappa shape index (κ3) is 3.03. The summed E-state index contributed by atoms with van der Waals surface area (Å²) in [5, 5.41) is 11.1. The van der Waals surface area contributed by atoms with Crippen LogP contribution in [0.1, 0.15) is 28.3 Å². The minimum absolute atomic E-state index is 0.289. The maximum atomic E-state index is 12.3. The Bertz CT molecular complexity index is 508. The van der Waals surface area contributed by atoms with E-state index in [9.17, 15) is 22.8 Å². The summed E-state index contributed by atoms with van der Waals surface area (Å²) >= 11 is 0.352. The van der Waals surface area contributed by atoms with E-state index in [2.05, 4.69) is 10.3 Å². The number of aromatic nitrogens is 1. The molecule has 0 atom stereocenters. The number of carbonyl (C=O) groups is 2. The average Bonchev–Trinajstić information content (AvgIpc) is 2.70. The van der Waals surface area contributed by atoms with Gasteiger partial charge in [0.25, 0.3) is 5.91 Å². The number of carboxylic acids is 1. The Morgan fingerprint density at radius 2 is 2.05 bits per heavy atom. The van der Waals surface area contributed by atoms with Gasteiger partial charge >= 0.3 is 12.1 Å². The molecular formula is C10H9F3N2O3S. The molecule has 2 N–H and O–H groups in total. The van der Waals surface area contributed by atoms with Crippen molar-refractivity contribution in [3.63, 3.8) is 0 Å². The number of carbonyl (C=O) groups excluding carboxylic acids is 1. The standard InChI is InChI=1S/C10H9F3N2O3S/c11-10(12,13)9-15-6(3-19-9)7(16)14-5-1-4(2-5)8(17)18/h3-5H,1-2H2,(H,14,16)(H,17,18). The van der Waals surface area contributed by atoms with Gasteiger partial charge in [0, 0.05) is 11.4 Å². The van der Waals surface area contributed by atoms with E-state index in [1.807, 2.05) is 0 Å². The average molecular weight is 294 g/mol. The number of carboxylic acid groups (broad SMARTS) is 1. The molecule has 1 aromatic heterocycles. The van der Waals surface area contributed by atoms with Crippen LogP contribution in [0, 0.1) is 5.92 Å². The van der Waals surface area contributed by atoms with Gasteiger partial charge in [-0.05, 0) is 12.8 Å². The smallest absolute Gasteiger partial charge is 0.443 e. The van der Waals surface area contributed by atoms with Gasteiger partial charge in [-0.25, -0.2) is 4.98 Å². The van der Waals surface area contributed by atoms with Crippen LogP contribution in [-0.2, 0) is 11.0 Å². The predicted octanol–water partition coefficient (Wildman–Crippen LogP) is 1.75. The van der Waals surface area contributed by atoms with Crippen molar-refractivity contribution < 1.29 is 27.9 Å². The van der Waals surface area contributed by atoms with Crippen LogP contribution < -0.4 is 5.32 Å². The molecule has 1 saturated carbocycles. The number of nitrogens with zero attached hydrogens (tertiary/aromatic N) is 1. The first kappa shape index (κ1) is 13.8. The monoisotopic (exact) mass is 294 g/mol. The Balaban J connectivity index is 1.91. The minimum Gasteiger partial charge on any atom is -0.481 e. The Morgan fingerprint density at radius 1 is 1.42 bits per heavy atom. The third-order valence-corrected chi connectivity index (χ3v) is 3.69. The highest BCUT2D eigenvalue weighted by molar-refractivity contribution is 7.09.